The molecule has 0 aliphatic rings. The van der Waals surface area contributed by atoms with Crippen molar-refractivity contribution in [2.75, 3.05) is 0 Å². The van der Waals surface area contributed by atoms with Crippen molar-refractivity contribution in [2.24, 2.45) is 0 Å². The number of nitrogens with zero attached hydrogens (tertiary/aromatic N) is 1. The van der Waals surface area contributed by atoms with Crippen molar-refractivity contribution in [2.45, 2.75) is 0 Å². The normalized spacial score (nSPS) is 9.00. The van der Waals surface area contributed by atoms with Crippen LogP contribution < -0.4 is 29.6 Å². The molecule has 1 aromatic heterocycles. The molecule has 0 saturated carbocycles. The molecule has 1 rings (SSSR count). The predicted octanol–water partition coefficient (Wildman–Crippen LogP) is -2.43. The minimum absolute atomic E-state index is 0. The van der Waals surface area contributed by atoms with Crippen LogP contribution in [0.4, 0.5) is 4.20 Å². The Kier molecular flexibility index (Phi) is 8.77. The first-order chi connectivity index (χ1) is 4.50. The minimum atomic E-state index is -5.14. The van der Waals surface area contributed by atoms with Crippen LogP contribution in [-0.4, -0.2) is 19.8 Å². The summed E-state index contributed by atoms with van der Waals surface area (Å²) in [5.41, 5.74) is 0. The summed E-state index contributed by atoms with van der Waals surface area (Å²) in [7, 11) is -5.14. The monoisotopic (exact) mass is 192 g/mol. The van der Waals surface area contributed by atoms with Gasteiger partial charge in [0.2, 0.25) is 0 Å². The Bertz CT molecular complexity index is 180. The maximum atomic E-state index is 10.4. The standard InChI is InChI=1S/C3H4N2.FH2O3P.Na.H/c1-2-5-3-4-1;1-5(2,3)4;;/h1-3H,(H,4,5);(H2,2,3,4);;/q;;+1;-1. The minimum Gasteiger partial charge on any atom is -1.00 e. The van der Waals surface area contributed by atoms with Crippen LogP contribution in [0.15, 0.2) is 18.7 Å². The van der Waals surface area contributed by atoms with Gasteiger partial charge in [-0.2, -0.15) is 0 Å². The average molecular weight is 192 g/mol. The molecule has 0 aliphatic carbocycles. The van der Waals surface area contributed by atoms with Crippen molar-refractivity contribution in [1.29, 1.82) is 0 Å². The SMILES string of the molecule is O=P(O)(O)F.[H-].[Na+].c1c[nH]cn1. The van der Waals surface area contributed by atoms with E-state index in [1.807, 2.05) is 0 Å². The summed E-state index contributed by atoms with van der Waals surface area (Å²) in [5, 5.41) is 0. The van der Waals surface area contributed by atoms with Gasteiger partial charge in [-0.1, -0.05) is 0 Å². The largest absolute Gasteiger partial charge is 1.00 e. The van der Waals surface area contributed by atoms with E-state index in [9.17, 15) is 4.20 Å². The topological polar surface area (TPSA) is 86.2 Å². The Morgan fingerprint density at radius 1 is 1.64 bits per heavy atom. The second kappa shape index (κ2) is 6.97. The van der Waals surface area contributed by atoms with E-state index in [1.54, 1.807) is 18.7 Å². The third kappa shape index (κ3) is 25.3. The van der Waals surface area contributed by atoms with Crippen LogP contribution in [0.3, 0.4) is 0 Å². The third-order valence-corrected chi connectivity index (χ3v) is 0.406. The molecule has 0 radical (unpaired) electrons. The molecular formula is C3H7FN2NaO3P. The molecule has 60 valence electrons. The van der Waals surface area contributed by atoms with Crippen LogP contribution in [0.25, 0.3) is 0 Å². The number of H-pyrrole nitrogens is 1. The third-order valence-electron chi connectivity index (χ3n) is 0.406. The van der Waals surface area contributed by atoms with Crippen molar-refractivity contribution in [3.63, 3.8) is 0 Å². The fourth-order valence-corrected chi connectivity index (χ4v) is 0.215. The second-order valence-corrected chi connectivity index (χ2v) is 2.18. The van der Waals surface area contributed by atoms with E-state index in [0.717, 1.165) is 0 Å². The molecule has 1 aromatic rings. The van der Waals surface area contributed by atoms with Crippen LogP contribution in [0.5, 0.6) is 0 Å². The number of halogens is 1. The van der Waals surface area contributed by atoms with E-state index in [-0.39, 0.29) is 31.0 Å². The Labute approximate surface area is 86.1 Å². The summed E-state index contributed by atoms with van der Waals surface area (Å²) in [4.78, 5) is 20.3. The molecular weight excluding hydrogens is 185 g/mol. The smallest absolute Gasteiger partial charge is 1.00 e. The molecule has 0 bridgehead atoms. The van der Waals surface area contributed by atoms with E-state index in [0.29, 0.717) is 0 Å². The molecule has 0 aromatic carbocycles. The maximum absolute atomic E-state index is 10.4. The summed E-state index contributed by atoms with van der Waals surface area (Å²) in [5.74, 6) is 0. The van der Waals surface area contributed by atoms with Gasteiger partial charge in [-0.25, -0.2) is 9.55 Å². The number of rotatable bonds is 0. The van der Waals surface area contributed by atoms with Crippen LogP contribution in [0.1, 0.15) is 1.43 Å². The molecule has 11 heavy (non-hydrogen) atoms. The molecule has 0 unspecified atom stereocenters. The van der Waals surface area contributed by atoms with E-state index < -0.39 is 7.91 Å². The first-order valence-electron chi connectivity index (χ1n) is 2.18. The molecule has 0 spiro atoms. The predicted molar refractivity (Wildman–Crippen MR) is 32.9 cm³/mol. The Hall–Kier alpha value is 0.290. The molecule has 0 aliphatic heterocycles. The molecule has 0 amide bonds. The van der Waals surface area contributed by atoms with E-state index in [1.165, 1.54) is 0 Å². The number of aromatic amines is 1. The van der Waals surface area contributed by atoms with Crippen LogP contribution in [0.2, 0.25) is 0 Å². The van der Waals surface area contributed by atoms with Crippen molar-refractivity contribution in [1.82, 2.24) is 9.97 Å². The number of nitrogens with one attached hydrogen (secondary N) is 1. The van der Waals surface area contributed by atoms with Crippen LogP contribution >= 0.6 is 7.91 Å². The first-order valence-corrected chi connectivity index (χ1v) is 3.68. The fraction of sp³-hybridized carbons (Fsp3) is 0. The van der Waals surface area contributed by atoms with Gasteiger partial charge < -0.3 is 6.41 Å². The number of hydrogen-bond acceptors (Lipinski definition) is 2. The Morgan fingerprint density at radius 3 is 2.18 bits per heavy atom. The molecule has 0 atom stereocenters. The first kappa shape index (κ1) is 13.9. The Morgan fingerprint density at radius 2 is 2.09 bits per heavy atom. The van der Waals surface area contributed by atoms with E-state index >= 15 is 0 Å². The van der Waals surface area contributed by atoms with Crippen LogP contribution in [-0.2, 0) is 4.57 Å². The summed E-state index contributed by atoms with van der Waals surface area (Å²) in [6.07, 6.45) is 5.08. The number of hydrogen-bond donors (Lipinski definition) is 3. The van der Waals surface area contributed by atoms with E-state index in [2.05, 4.69) is 9.97 Å². The van der Waals surface area contributed by atoms with Gasteiger partial charge >= 0.3 is 37.5 Å². The van der Waals surface area contributed by atoms with Gasteiger partial charge in [0.05, 0.1) is 6.33 Å². The summed E-state index contributed by atoms with van der Waals surface area (Å²) < 4.78 is 19.0. The van der Waals surface area contributed by atoms with Crippen molar-refractivity contribution in [3.8, 4) is 0 Å². The molecule has 0 fully saturated rings. The van der Waals surface area contributed by atoms with Gasteiger partial charge in [-0.3, -0.25) is 9.79 Å². The quantitative estimate of drug-likeness (QED) is 0.315. The molecule has 5 nitrogen and oxygen atoms in total. The van der Waals surface area contributed by atoms with Gasteiger partial charge in [0.1, 0.15) is 0 Å². The number of aromatic nitrogens is 2. The van der Waals surface area contributed by atoms with Gasteiger partial charge in [-0.15, -0.1) is 4.20 Å². The summed E-state index contributed by atoms with van der Waals surface area (Å²) in [6, 6.07) is 0. The van der Waals surface area contributed by atoms with Gasteiger partial charge in [0.15, 0.2) is 0 Å². The maximum Gasteiger partial charge on any atom is 1.00 e. The van der Waals surface area contributed by atoms with Gasteiger partial charge in [-0.05, 0) is 0 Å². The summed E-state index contributed by atoms with van der Waals surface area (Å²) in [6.45, 7) is 0. The zero-order valence-corrected chi connectivity index (χ0v) is 8.70. The van der Waals surface area contributed by atoms with Gasteiger partial charge in [0, 0.05) is 12.4 Å². The fourth-order valence-electron chi connectivity index (χ4n) is 0.215. The molecule has 8 heteroatoms. The van der Waals surface area contributed by atoms with Gasteiger partial charge in [0.25, 0.3) is 0 Å². The van der Waals surface area contributed by atoms with Crippen molar-refractivity contribution >= 4 is 7.91 Å². The average Bonchev–Trinajstić information content (AvgIpc) is 2.07. The Balaban J connectivity index is -0.000000116. The molecule has 0 saturated heterocycles. The van der Waals surface area contributed by atoms with Crippen molar-refractivity contribution < 1.29 is 49.5 Å². The molecule has 1 heterocycles. The summed E-state index contributed by atoms with van der Waals surface area (Å²) >= 11 is 0. The zero-order chi connectivity index (χ0) is 8.04. The van der Waals surface area contributed by atoms with E-state index in [4.69, 9.17) is 14.4 Å². The molecule has 3 N–H and O–H groups in total. The second-order valence-electron chi connectivity index (χ2n) is 1.23. The number of imidazole rings is 1. The zero-order valence-electron chi connectivity index (χ0n) is 6.81. The van der Waals surface area contributed by atoms with Crippen LogP contribution in [0, 0.1) is 0 Å². The van der Waals surface area contributed by atoms with Crippen molar-refractivity contribution in [3.05, 3.63) is 18.7 Å².